The molecule has 14 heteroatoms. The Balaban J connectivity index is 1.24. The molecular formula is C29H31FN8O5. The van der Waals surface area contributed by atoms with Gasteiger partial charge in [-0.3, -0.25) is 9.59 Å². The summed E-state index contributed by atoms with van der Waals surface area (Å²) in [6.07, 6.45) is -2.60. The Morgan fingerprint density at radius 3 is 2.70 bits per heavy atom. The third-order valence-corrected chi connectivity index (χ3v) is 7.23. The summed E-state index contributed by atoms with van der Waals surface area (Å²) < 4.78 is 26.1. The van der Waals surface area contributed by atoms with E-state index in [4.69, 9.17) is 15.2 Å². The lowest BCUT2D eigenvalue weighted by Crippen LogP contribution is -2.51. The highest BCUT2D eigenvalue weighted by molar-refractivity contribution is 5.80. The van der Waals surface area contributed by atoms with Crippen LogP contribution in [0.15, 0.2) is 48.8 Å². The van der Waals surface area contributed by atoms with Gasteiger partial charge in [-0.25, -0.2) is 14.4 Å². The van der Waals surface area contributed by atoms with Gasteiger partial charge in [-0.05, 0) is 49.4 Å². The number of likely N-dealkylation sites (tertiary alicyclic amines) is 1. The molecule has 2 amide bonds. The number of carbonyl (C=O) groups excluding carboxylic acids is 2. The van der Waals surface area contributed by atoms with Crippen LogP contribution in [-0.4, -0.2) is 94.0 Å². The molecule has 0 spiro atoms. The molecule has 4 N–H and O–H groups in total. The van der Waals surface area contributed by atoms with Gasteiger partial charge in [-0.1, -0.05) is 0 Å². The van der Waals surface area contributed by atoms with Crippen LogP contribution in [0.2, 0.25) is 0 Å². The predicted octanol–water partition coefficient (Wildman–Crippen LogP) is 1.54. The number of amides is 2. The van der Waals surface area contributed by atoms with Crippen LogP contribution in [0.1, 0.15) is 18.9 Å². The Hall–Kier alpha value is -4.87. The number of rotatable bonds is 8. The van der Waals surface area contributed by atoms with Crippen LogP contribution in [0.25, 0.3) is 11.4 Å². The topological polar surface area (TPSA) is 180 Å². The standard InChI is InChI=1S/C29H31FN8O5/c1-17(39)28(41)38-9-8-24(22(30)14-38)43-23-7-2-18(12-19(23)13-31)27-33-16-34-29(36-27)35-20-3-5-21(6-4-20)37-10-11-42-25(15-37)26(32)40/h2-7,12,16-17,22,24-25,39H,8-11,14-15H2,1H3,(H2,32,40)(H,33,34,35,36)/t17-,22-,24-,25?/m0/s1. The maximum atomic E-state index is 14.8. The number of hydrogen-bond acceptors (Lipinski definition) is 11. The van der Waals surface area contributed by atoms with Crippen LogP contribution in [0.3, 0.4) is 0 Å². The van der Waals surface area contributed by atoms with E-state index in [0.717, 1.165) is 11.4 Å². The summed E-state index contributed by atoms with van der Waals surface area (Å²) in [4.78, 5) is 39.7. The average Bonchev–Trinajstić information content (AvgIpc) is 3.02. The zero-order valence-corrected chi connectivity index (χ0v) is 23.4. The number of aromatic nitrogens is 3. The van der Waals surface area contributed by atoms with E-state index in [9.17, 15) is 24.3 Å². The third-order valence-electron chi connectivity index (χ3n) is 7.23. The number of primary amides is 1. The molecular weight excluding hydrogens is 559 g/mol. The number of nitrogens with zero attached hydrogens (tertiary/aromatic N) is 6. The largest absolute Gasteiger partial charge is 0.486 e. The normalized spacial score (nSPS) is 21.0. The minimum Gasteiger partial charge on any atom is -0.486 e. The van der Waals surface area contributed by atoms with Gasteiger partial charge in [0.2, 0.25) is 11.9 Å². The van der Waals surface area contributed by atoms with Crippen molar-refractivity contribution in [3.05, 3.63) is 54.4 Å². The molecule has 13 nitrogen and oxygen atoms in total. The molecule has 3 heterocycles. The van der Waals surface area contributed by atoms with Crippen LogP contribution >= 0.6 is 0 Å². The number of benzene rings is 2. The zero-order valence-electron chi connectivity index (χ0n) is 23.4. The first kappa shape index (κ1) is 29.6. The smallest absolute Gasteiger partial charge is 0.251 e. The zero-order chi connectivity index (χ0) is 30.5. The molecule has 2 saturated heterocycles. The number of halogens is 1. The third kappa shape index (κ3) is 6.96. The van der Waals surface area contributed by atoms with Gasteiger partial charge in [0, 0.05) is 36.4 Å². The summed E-state index contributed by atoms with van der Waals surface area (Å²) in [5, 5.41) is 22.4. The molecule has 0 saturated carbocycles. The maximum absolute atomic E-state index is 14.8. The van der Waals surface area contributed by atoms with Crippen molar-refractivity contribution in [3.63, 3.8) is 0 Å². The SMILES string of the molecule is C[C@H](O)C(=O)N1CC[C@H](Oc2ccc(-c3ncnc(Nc4ccc(N5CCOC(C(N)=O)C5)cc4)n3)cc2C#N)[C@@H](F)C1. The van der Waals surface area contributed by atoms with Crippen molar-refractivity contribution in [1.29, 1.82) is 5.26 Å². The summed E-state index contributed by atoms with van der Waals surface area (Å²) in [5.41, 5.74) is 7.75. The van der Waals surface area contributed by atoms with E-state index in [1.807, 2.05) is 29.2 Å². The predicted molar refractivity (Wildman–Crippen MR) is 153 cm³/mol. The molecule has 2 fully saturated rings. The molecule has 224 valence electrons. The molecule has 2 aliphatic heterocycles. The number of alkyl halides is 1. The molecule has 3 aromatic rings. The van der Waals surface area contributed by atoms with Gasteiger partial charge in [0.15, 0.2) is 18.1 Å². The number of aliphatic hydroxyl groups is 1. The second-order valence-electron chi connectivity index (χ2n) is 10.3. The second-order valence-corrected chi connectivity index (χ2v) is 10.3. The van der Waals surface area contributed by atoms with E-state index in [1.54, 1.807) is 18.2 Å². The lowest BCUT2D eigenvalue weighted by atomic mass is 10.0. The van der Waals surface area contributed by atoms with Crippen LogP contribution in [0, 0.1) is 11.3 Å². The number of nitrogens with two attached hydrogens (primary N) is 1. The molecule has 2 aromatic carbocycles. The monoisotopic (exact) mass is 590 g/mol. The summed E-state index contributed by atoms with van der Waals surface area (Å²) in [7, 11) is 0. The highest BCUT2D eigenvalue weighted by Crippen LogP contribution is 2.29. The highest BCUT2D eigenvalue weighted by Gasteiger charge is 2.34. The molecule has 0 bridgehead atoms. The summed E-state index contributed by atoms with van der Waals surface area (Å²) in [6, 6.07) is 14.4. The van der Waals surface area contributed by atoms with E-state index in [2.05, 4.69) is 26.3 Å². The van der Waals surface area contributed by atoms with Gasteiger partial charge >= 0.3 is 0 Å². The van der Waals surface area contributed by atoms with E-state index in [-0.39, 0.29) is 36.8 Å². The number of hydrogen-bond donors (Lipinski definition) is 3. The molecule has 5 rings (SSSR count). The van der Waals surface area contributed by atoms with Crippen molar-refractivity contribution in [2.45, 2.75) is 37.8 Å². The molecule has 1 unspecified atom stereocenters. The van der Waals surface area contributed by atoms with Crippen LogP contribution < -0.4 is 20.7 Å². The number of ether oxygens (including phenoxy) is 2. The first-order valence-corrected chi connectivity index (χ1v) is 13.8. The number of carbonyl (C=O) groups is 2. The Morgan fingerprint density at radius 1 is 1.21 bits per heavy atom. The average molecular weight is 591 g/mol. The summed E-state index contributed by atoms with van der Waals surface area (Å²) >= 11 is 0. The van der Waals surface area contributed by atoms with Crippen molar-refractivity contribution in [3.8, 4) is 23.2 Å². The Morgan fingerprint density at radius 2 is 2.00 bits per heavy atom. The van der Waals surface area contributed by atoms with E-state index in [0.29, 0.717) is 31.1 Å². The van der Waals surface area contributed by atoms with Gasteiger partial charge in [0.25, 0.3) is 5.91 Å². The van der Waals surface area contributed by atoms with Crippen LogP contribution in [0.5, 0.6) is 5.75 Å². The first-order chi connectivity index (χ1) is 20.7. The van der Waals surface area contributed by atoms with Gasteiger partial charge < -0.3 is 35.4 Å². The van der Waals surface area contributed by atoms with Crippen LogP contribution in [-0.2, 0) is 14.3 Å². The van der Waals surface area contributed by atoms with Crippen LogP contribution in [0.4, 0.5) is 21.7 Å². The Kier molecular flexibility index (Phi) is 8.93. The number of piperidine rings is 1. The Bertz CT molecular complexity index is 1520. The molecule has 2 aliphatic rings. The second kappa shape index (κ2) is 13.0. The summed E-state index contributed by atoms with van der Waals surface area (Å²) in [5.74, 6) is -0.204. The molecule has 4 atom stereocenters. The van der Waals surface area contributed by atoms with Crippen molar-refractivity contribution in [1.82, 2.24) is 19.9 Å². The highest BCUT2D eigenvalue weighted by atomic mass is 19.1. The lowest BCUT2D eigenvalue weighted by Gasteiger charge is -2.35. The molecule has 0 radical (unpaired) electrons. The van der Waals surface area contributed by atoms with Crippen molar-refractivity contribution in [2.24, 2.45) is 5.73 Å². The van der Waals surface area contributed by atoms with Crippen molar-refractivity contribution >= 4 is 29.1 Å². The lowest BCUT2D eigenvalue weighted by molar-refractivity contribution is -0.143. The first-order valence-electron chi connectivity index (χ1n) is 13.8. The van der Waals surface area contributed by atoms with Crippen molar-refractivity contribution < 1.29 is 28.6 Å². The van der Waals surface area contributed by atoms with Gasteiger partial charge in [0.1, 0.15) is 30.4 Å². The van der Waals surface area contributed by atoms with E-state index < -0.39 is 36.3 Å². The Labute approximate surface area is 247 Å². The number of aliphatic hydroxyl groups excluding tert-OH is 1. The number of morpholine rings is 1. The number of anilines is 3. The van der Waals surface area contributed by atoms with Gasteiger partial charge in [-0.2, -0.15) is 10.2 Å². The minimum atomic E-state index is -1.48. The fourth-order valence-electron chi connectivity index (χ4n) is 4.94. The van der Waals surface area contributed by atoms with Crippen molar-refractivity contribution in [2.75, 3.05) is 43.0 Å². The van der Waals surface area contributed by atoms with Gasteiger partial charge in [-0.15, -0.1) is 0 Å². The molecule has 1 aromatic heterocycles. The van der Waals surface area contributed by atoms with E-state index in [1.165, 1.54) is 18.2 Å². The maximum Gasteiger partial charge on any atom is 0.251 e. The fraction of sp³-hybridized carbons (Fsp3) is 0.379. The molecule has 0 aliphatic carbocycles. The quantitative estimate of drug-likeness (QED) is 0.346. The van der Waals surface area contributed by atoms with E-state index >= 15 is 0 Å². The van der Waals surface area contributed by atoms with Gasteiger partial charge in [0.05, 0.1) is 25.3 Å². The number of nitriles is 1. The minimum absolute atomic E-state index is 0.180. The fourth-order valence-corrected chi connectivity index (χ4v) is 4.94. The number of nitrogens with one attached hydrogen (secondary N) is 1. The summed E-state index contributed by atoms with van der Waals surface area (Å²) in [6.45, 7) is 2.82. The molecule has 43 heavy (non-hydrogen) atoms.